The van der Waals surface area contributed by atoms with Gasteiger partial charge in [0.15, 0.2) is 0 Å². The van der Waals surface area contributed by atoms with Gasteiger partial charge < -0.3 is 10.2 Å². The molecule has 0 spiro atoms. The maximum absolute atomic E-state index is 9.51. The molecule has 0 amide bonds. The smallest absolute Gasteiger partial charge is 0.0721 e. The Morgan fingerprint density at radius 2 is 1.00 bits per heavy atom. The molecule has 0 aromatic carbocycles. The van der Waals surface area contributed by atoms with Gasteiger partial charge >= 0.3 is 0 Å². The van der Waals surface area contributed by atoms with Crippen LogP contribution in [-0.4, -0.2) is 22.4 Å². The first-order chi connectivity index (χ1) is 6.79. The van der Waals surface area contributed by atoms with Gasteiger partial charge in [-0.05, 0) is 12.8 Å². The minimum Gasteiger partial charge on any atom is -0.389 e. The number of hydrogen-bond acceptors (Lipinski definition) is 2. The molecule has 0 bridgehead atoms. The van der Waals surface area contributed by atoms with Crippen LogP contribution >= 0.6 is 0 Å². The fourth-order valence-corrected chi connectivity index (χ4v) is 1.86. The predicted octanol–water partition coefficient (Wildman–Crippen LogP) is 2.40. The second-order valence-electron chi connectivity index (χ2n) is 4.22. The summed E-state index contributed by atoms with van der Waals surface area (Å²) in [5, 5.41) is 19.0. The van der Waals surface area contributed by atoms with Gasteiger partial charge in [0.25, 0.3) is 0 Å². The van der Waals surface area contributed by atoms with Gasteiger partial charge in [0, 0.05) is 0 Å². The van der Waals surface area contributed by atoms with Crippen LogP contribution in [0.25, 0.3) is 0 Å². The monoisotopic (exact) mass is 198 g/mol. The Kier molecular flexibility index (Phi) is 5.88. The molecule has 2 nitrogen and oxygen atoms in total. The summed E-state index contributed by atoms with van der Waals surface area (Å²) in [4.78, 5) is 0. The van der Waals surface area contributed by atoms with Gasteiger partial charge in [-0.2, -0.15) is 0 Å². The van der Waals surface area contributed by atoms with Crippen LogP contribution in [0.15, 0.2) is 12.2 Å². The van der Waals surface area contributed by atoms with Crippen LogP contribution in [0.1, 0.15) is 51.4 Å². The predicted molar refractivity (Wildman–Crippen MR) is 58.1 cm³/mol. The molecule has 0 saturated heterocycles. The Balaban J connectivity index is 2.34. The van der Waals surface area contributed by atoms with E-state index in [2.05, 4.69) is 0 Å². The highest BCUT2D eigenvalue weighted by molar-refractivity contribution is 4.93. The summed E-state index contributed by atoms with van der Waals surface area (Å²) in [5.41, 5.74) is 0. The molecule has 82 valence electrons. The van der Waals surface area contributed by atoms with Gasteiger partial charge in [-0.1, -0.05) is 50.7 Å². The maximum atomic E-state index is 9.51. The standard InChI is InChI=1S/C12H22O2/c13-11-7-5-3-1-2-4-6-8-12(14)10-9-11/h9-14H,1-8H2/b10-9+. The van der Waals surface area contributed by atoms with E-state index in [0.717, 1.165) is 25.7 Å². The minimum absolute atomic E-state index is 0.357. The molecule has 0 heterocycles. The largest absolute Gasteiger partial charge is 0.389 e. The average molecular weight is 198 g/mol. The van der Waals surface area contributed by atoms with Gasteiger partial charge in [-0.15, -0.1) is 0 Å². The maximum Gasteiger partial charge on any atom is 0.0721 e. The zero-order chi connectivity index (χ0) is 10.2. The first-order valence-corrected chi connectivity index (χ1v) is 5.83. The molecule has 0 saturated carbocycles. The van der Waals surface area contributed by atoms with Gasteiger partial charge in [-0.3, -0.25) is 0 Å². The lowest BCUT2D eigenvalue weighted by Gasteiger charge is -2.10. The van der Waals surface area contributed by atoms with Crippen LogP contribution < -0.4 is 0 Å². The lowest BCUT2D eigenvalue weighted by atomic mass is 10.0. The number of rotatable bonds is 0. The highest BCUT2D eigenvalue weighted by atomic mass is 16.3. The Morgan fingerprint density at radius 1 is 0.643 bits per heavy atom. The van der Waals surface area contributed by atoms with Crippen molar-refractivity contribution in [2.24, 2.45) is 0 Å². The molecule has 1 rings (SSSR count). The van der Waals surface area contributed by atoms with Crippen molar-refractivity contribution in [3.63, 3.8) is 0 Å². The Morgan fingerprint density at radius 3 is 1.43 bits per heavy atom. The fraction of sp³-hybridized carbons (Fsp3) is 0.833. The summed E-state index contributed by atoms with van der Waals surface area (Å²) in [7, 11) is 0. The molecule has 1 aliphatic rings. The lowest BCUT2D eigenvalue weighted by molar-refractivity contribution is 0.190. The van der Waals surface area contributed by atoms with Crippen LogP contribution in [0.3, 0.4) is 0 Å². The molecule has 2 unspecified atom stereocenters. The first kappa shape index (κ1) is 11.7. The third kappa shape index (κ3) is 5.40. The normalized spacial score (nSPS) is 34.1. The van der Waals surface area contributed by atoms with E-state index < -0.39 is 0 Å². The number of aliphatic hydroxyl groups is 2. The van der Waals surface area contributed by atoms with Crippen molar-refractivity contribution in [1.29, 1.82) is 0 Å². The SMILES string of the molecule is OC1/C=C/C(O)CCCCCCCC1. The summed E-state index contributed by atoms with van der Waals surface area (Å²) in [6.07, 6.45) is 11.6. The second kappa shape index (κ2) is 7.02. The van der Waals surface area contributed by atoms with E-state index in [-0.39, 0.29) is 12.2 Å². The molecule has 0 aliphatic heterocycles. The van der Waals surface area contributed by atoms with Crippen molar-refractivity contribution in [3.8, 4) is 0 Å². The van der Waals surface area contributed by atoms with Crippen LogP contribution in [0, 0.1) is 0 Å². The molecule has 14 heavy (non-hydrogen) atoms. The third-order valence-electron chi connectivity index (χ3n) is 2.81. The summed E-state index contributed by atoms with van der Waals surface area (Å²) in [5.74, 6) is 0. The Bertz CT molecular complexity index is 148. The summed E-state index contributed by atoms with van der Waals surface area (Å²) in [6, 6.07) is 0. The summed E-state index contributed by atoms with van der Waals surface area (Å²) in [6.45, 7) is 0. The highest BCUT2D eigenvalue weighted by Gasteiger charge is 2.04. The van der Waals surface area contributed by atoms with Crippen molar-refractivity contribution in [2.75, 3.05) is 0 Å². The van der Waals surface area contributed by atoms with E-state index in [1.165, 1.54) is 25.7 Å². The van der Waals surface area contributed by atoms with Crippen LogP contribution in [-0.2, 0) is 0 Å². The molecular formula is C12H22O2. The quantitative estimate of drug-likeness (QED) is 0.587. The molecular weight excluding hydrogens is 176 g/mol. The Hall–Kier alpha value is -0.340. The molecule has 2 atom stereocenters. The molecule has 1 aliphatic carbocycles. The molecule has 0 aromatic rings. The van der Waals surface area contributed by atoms with Crippen LogP contribution in [0.2, 0.25) is 0 Å². The van der Waals surface area contributed by atoms with Crippen LogP contribution in [0.4, 0.5) is 0 Å². The van der Waals surface area contributed by atoms with Gasteiger partial charge in [0.1, 0.15) is 0 Å². The van der Waals surface area contributed by atoms with E-state index in [0.29, 0.717) is 0 Å². The minimum atomic E-state index is -0.357. The Labute approximate surface area is 86.6 Å². The molecule has 2 N–H and O–H groups in total. The van der Waals surface area contributed by atoms with E-state index in [1.807, 2.05) is 0 Å². The second-order valence-corrected chi connectivity index (χ2v) is 4.22. The van der Waals surface area contributed by atoms with Crippen LogP contribution in [0.5, 0.6) is 0 Å². The summed E-state index contributed by atoms with van der Waals surface area (Å²) < 4.78 is 0. The fourth-order valence-electron chi connectivity index (χ4n) is 1.86. The van der Waals surface area contributed by atoms with E-state index in [4.69, 9.17) is 0 Å². The average Bonchev–Trinajstić information content (AvgIpc) is 2.17. The third-order valence-corrected chi connectivity index (χ3v) is 2.81. The first-order valence-electron chi connectivity index (χ1n) is 5.83. The van der Waals surface area contributed by atoms with Gasteiger partial charge in [0.2, 0.25) is 0 Å². The van der Waals surface area contributed by atoms with Gasteiger partial charge in [0.05, 0.1) is 12.2 Å². The van der Waals surface area contributed by atoms with Gasteiger partial charge in [-0.25, -0.2) is 0 Å². The molecule has 0 fully saturated rings. The highest BCUT2D eigenvalue weighted by Crippen LogP contribution is 2.13. The van der Waals surface area contributed by atoms with Crippen molar-refractivity contribution >= 4 is 0 Å². The van der Waals surface area contributed by atoms with Crippen molar-refractivity contribution in [1.82, 2.24) is 0 Å². The summed E-state index contributed by atoms with van der Waals surface area (Å²) >= 11 is 0. The molecule has 0 radical (unpaired) electrons. The molecule has 2 heteroatoms. The zero-order valence-electron chi connectivity index (χ0n) is 8.86. The number of aliphatic hydroxyl groups excluding tert-OH is 2. The lowest BCUT2D eigenvalue weighted by Crippen LogP contribution is -2.07. The van der Waals surface area contributed by atoms with Crippen molar-refractivity contribution in [3.05, 3.63) is 12.2 Å². The van der Waals surface area contributed by atoms with E-state index >= 15 is 0 Å². The van der Waals surface area contributed by atoms with E-state index in [1.54, 1.807) is 12.2 Å². The van der Waals surface area contributed by atoms with Crippen molar-refractivity contribution in [2.45, 2.75) is 63.6 Å². The van der Waals surface area contributed by atoms with E-state index in [9.17, 15) is 10.2 Å². The topological polar surface area (TPSA) is 40.5 Å². The zero-order valence-corrected chi connectivity index (χ0v) is 8.86. The molecule has 0 aromatic heterocycles. The number of hydrogen-bond donors (Lipinski definition) is 2. The van der Waals surface area contributed by atoms with Crippen molar-refractivity contribution < 1.29 is 10.2 Å².